The van der Waals surface area contributed by atoms with Crippen LogP contribution in [0.4, 0.5) is 14.6 Å². The number of rotatable bonds is 2. The normalized spacial score (nSPS) is 10.7. The lowest BCUT2D eigenvalue weighted by molar-refractivity contribution is 0.509. The predicted molar refractivity (Wildman–Crippen MR) is 71.1 cm³/mol. The summed E-state index contributed by atoms with van der Waals surface area (Å²) in [4.78, 5) is 0. The van der Waals surface area contributed by atoms with Crippen molar-refractivity contribution < 1.29 is 8.78 Å². The molecule has 0 unspecified atom stereocenters. The number of nitrogens with two attached hydrogens (primary N) is 1. The van der Waals surface area contributed by atoms with E-state index in [9.17, 15) is 8.78 Å². The van der Waals surface area contributed by atoms with Crippen molar-refractivity contribution in [3.8, 4) is 16.9 Å². The Hall–Kier alpha value is -2.76. The summed E-state index contributed by atoms with van der Waals surface area (Å²) in [5.74, 6) is -1.60. The Kier molecular flexibility index (Phi) is 2.90. The molecule has 1 aromatic heterocycles. The Morgan fingerprint density at radius 3 is 2.40 bits per heavy atom. The number of para-hydroxylation sites is 1. The van der Waals surface area contributed by atoms with E-state index in [2.05, 4.69) is 10.3 Å². The Morgan fingerprint density at radius 2 is 1.70 bits per heavy atom. The first-order valence-corrected chi connectivity index (χ1v) is 5.89. The number of nitrogen functional groups attached to an aromatic ring is 1. The topological polar surface area (TPSA) is 56.7 Å². The second-order valence-electron chi connectivity index (χ2n) is 4.20. The molecule has 0 bridgehead atoms. The SMILES string of the molecule is Nc1c(-c2ccc(F)c(F)c2)nnn1-c1ccccc1. The van der Waals surface area contributed by atoms with Gasteiger partial charge in [-0.05, 0) is 30.3 Å². The molecule has 0 fully saturated rings. The monoisotopic (exact) mass is 272 g/mol. The van der Waals surface area contributed by atoms with Gasteiger partial charge in [-0.1, -0.05) is 23.4 Å². The smallest absolute Gasteiger partial charge is 0.159 e. The van der Waals surface area contributed by atoms with E-state index in [0.29, 0.717) is 11.3 Å². The minimum Gasteiger partial charge on any atom is -0.382 e. The van der Waals surface area contributed by atoms with Gasteiger partial charge in [0, 0.05) is 5.56 Å². The molecule has 0 saturated heterocycles. The van der Waals surface area contributed by atoms with Gasteiger partial charge in [0.25, 0.3) is 0 Å². The summed E-state index contributed by atoms with van der Waals surface area (Å²) < 4.78 is 27.6. The highest BCUT2D eigenvalue weighted by atomic mass is 19.2. The Bertz CT molecular complexity index is 753. The second kappa shape index (κ2) is 4.73. The van der Waals surface area contributed by atoms with Gasteiger partial charge in [0.05, 0.1) is 5.69 Å². The van der Waals surface area contributed by atoms with E-state index < -0.39 is 11.6 Å². The Morgan fingerprint density at radius 1 is 0.950 bits per heavy atom. The van der Waals surface area contributed by atoms with Crippen LogP contribution < -0.4 is 5.73 Å². The van der Waals surface area contributed by atoms with Crippen LogP contribution in [0.2, 0.25) is 0 Å². The zero-order chi connectivity index (χ0) is 14.1. The largest absolute Gasteiger partial charge is 0.382 e. The highest BCUT2D eigenvalue weighted by molar-refractivity contribution is 5.70. The van der Waals surface area contributed by atoms with Crippen LogP contribution in [0.5, 0.6) is 0 Å². The predicted octanol–water partition coefficient (Wildman–Crippen LogP) is 2.79. The van der Waals surface area contributed by atoms with E-state index in [4.69, 9.17) is 5.73 Å². The average molecular weight is 272 g/mol. The van der Waals surface area contributed by atoms with Gasteiger partial charge in [0.2, 0.25) is 0 Å². The molecule has 0 aliphatic heterocycles. The standard InChI is InChI=1S/C14H10F2N4/c15-11-7-6-9(8-12(11)16)13-14(17)20(19-18-13)10-4-2-1-3-5-10/h1-8H,17H2. The zero-order valence-electron chi connectivity index (χ0n) is 10.3. The van der Waals surface area contributed by atoms with Crippen LogP contribution in [-0.4, -0.2) is 15.0 Å². The van der Waals surface area contributed by atoms with Crippen molar-refractivity contribution in [3.63, 3.8) is 0 Å². The quantitative estimate of drug-likeness (QED) is 0.780. The summed E-state index contributed by atoms with van der Waals surface area (Å²) in [6.07, 6.45) is 0. The van der Waals surface area contributed by atoms with Crippen LogP contribution >= 0.6 is 0 Å². The molecule has 0 saturated carbocycles. The lowest BCUT2D eigenvalue weighted by Gasteiger charge is -2.03. The molecular weight excluding hydrogens is 262 g/mol. The highest BCUT2D eigenvalue weighted by Gasteiger charge is 2.14. The third-order valence-electron chi connectivity index (χ3n) is 2.90. The summed E-state index contributed by atoms with van der Waals surface area (Å²) >= 11 is 0. The lowest BCUT2D eigenvalue weighted by atomic mass is 10.1. The number of nitrogens with zero attached hydrogens (tertiary/aromatic N) is 3. The van der Waals surface area contributed by atoms with Crippen molar-refractivity contribution in [3.05, 3.63) is 60.2 Å². The maximum absolute atomic E-state index is 13.3. The van der Waals surface area contributed by atoms with Gasteiger partial charge in [-0.25, -0.2) is 8.78 Å². The summed E-state index contributed by atoms with van der Waals surface area (Å²) in [6.45, 7) is 0. The van der Waals surface area contributed by atoms with E-state index in [1.165, 1.54) is 10.7 Å². The van der Waals surface area contributed by atoms with Gasteiger partial charge in [-0.2, -0.15) is 4.68 Å². The summed E-state index contributed by atoms with van der Waals surface area (Å²) in [5, 5.41) is 7.87. The van der Waals surface area contributed by atoms with Crippen molar-refractivity contribution in [2.45, 2.75) is 0 Å². The molecule has 2 aromatic carbocycles. The third kappa shape index (κ3) is 2.01. The maximum Gasteiger partial charge on any atom is 0.159 e. The minimum atomic E-state index is -0.948. The third-order valence-corrected chi connectivity index (χ3v) is 2.90. The number of hydrogen-bond donors (Lipinski definition) is 1. The molecule has 0 aliphatic rings. The molecule has 6 heteroatoms. The van der Waals surface area contributed by atoms with E-state index in [0.717, 1.165) is 17.8 Å². The molecule has 3 aromatic rings. The molecule has 1 heterocycles. The lowest BCUT2D eigenvalue weighted by Crippen LogP contribution is -2.02. The van der Waals surface area contributed by atoms with E-state index in [1.54, 1.807) is 0 Å². The fourth-order valence-electron chi connectivity index (χ4n) is 1.90. The van der Waals surface area contributed by atoms with Crippen molar-refractivity contribution >= 4 is 5.82 Å². The van der Waals surface area contributed by atoms with Crippen LogP contribution in [0.15, 0.2) is 48.5 Å². The van der Waals surface area contributed by atoms with Crippen molar-refractivity contribution in [1.29, 1.82) is 0 Å². The molecular formula is C14H10F2N4. The summed E-state index contributed by atoms with van der Waals surface area (Å²) in [7, 11) is 0. The van der Waals surface area contributed by atoms with Crippen molar-refractivity contribution in [2.75, 3.05) is 5.73 Å². The van der Waals surface area contributed by atoms with Crippen LogP contribution in [0, 0.1) is 11.6 Å². The van der Waals surface area contributed by atoms with E-state index >= 15 is 0 Å². The molecule has 0 spiro atoms. The number of halogens is 2. The van der Waals surface area contributed by atoms with E-state index in [-0.39, 0.29) is 5.82 Å². The molecule has 0 radical (unpaired) electrons. The van der Waals surface area contributed by atoms with Crippen molar-refractivity contribution in [1.82, 2.24) is 15.0 Å². The summed E-state index contributed by atoms with van der Waals surface area (Å²) in [5.41, 5.74) is 7.41. The fourth-order valence-corrected chi connectivity index (χ4v) is 1.90. The summed E-state index contributed by atoms with van der Waals surface area (Å²) in [6, 6.07) is 12.7. The molecule has 20 heavy (non-hydrogen) atoms. The number of aromatic nitrogens is 3. The zero-order valence-corrected chi connectivity index (χ0v) is 10.3. The highest BCUT2D eigenvalue weighted by Crippen LogP contribution is 2.26. The Balaban J connectivity index is 2.08. The van der Waals surface area contributed by atoms with Crippen molar-refractivity contribution in [2.24, 2.45) is 0 Å². The molecule has 0 aliphatic carbocycles. The molecule has 100 valence electrons. The first kappa shape index (κ1) is 12.3. The minimum absolute atomic E-state index is 0.266. The van der Waals surface area contributed by atoms with Gasteiger partial charge in [-0.3, -0.25) is 0 Å². The molecule has 4 nitrogen and oxygen atoms in total. The van der Waals surface area contributed by atoms with Crippen LogP contribution in [0.3, 0.4) is 0 Å². The molecule has 0 atom stereocenters. The maximum atomic E-state index is 13.3. The molecule has 3 rings (SSSR count). The van der Waals surface area contributed by atoms with Gasteiger partial charge in [-0.15, -0.1) is 5.10 Å². The number of anilines is 1. The van der Waals surface area contributed by atoms with Gasteiger partial charge in [0.1, 0.15) is 5.69 Å². The number of benzene rings is 2. The van der Waals surface area contributed by atoms with Gasteiger partial charge < -0.3 is 5.73 Å². The Labute approximate surface area is 113 Å². The van der Waals surface area contributed by atoms with Gasteiger partial charge >= 0.3 is 0 Å². The first-order chi connectivity index (χ1) is 9.66. The fraction of sp³-hybridized carbons (Fsp3) is 0. The second-order valence-corrected chi connectivity index (χ2v) is 4.20. The van der Waals surface area contributed by atoms with E-state index in [1.807, 2.05) is 30.3 Å². The average Bonchev–Trinajstić information content (AvgIpc) is 2.85. The van der Waals surface area contributed by atoms with Crippen LogP contribution in [0.1, 0.15) is 0 Å². The number of hydrogen-bond acceptors (Lipinski definition) is 3. The molecule has 2 N–H and O–H groups in total. The van der Waals surface area contributed by atoms with Crippen LogP contribution in [-0.2, 0) is 0 Å². The first-order valence-electron chi connectivity index (χ1n) is 5.89. The van der Waals surface area contributed by atoms with Crippen LogP contribution in [0.25, 0.3) is 16.9 Å². The van der Waals surface area contributed by atoms with Gasteiger partial charge in [0.15, 0.2) is 17.5 Å². The molecule has 0 amide bonds.